The highest BCUT2D eigenvalue weighted by Gasteiger charge is 2.30. The fourth-order valence-electron chi connectivity index (χ4n) is 1.79. The minimum absolute atomic E-state index is 0.0126. The zero-order valence-electron chi connectivity index (χ0n) is 10.3. The number of hydrogen-bond donors (Lipinski definition) is 2. The normalized spacial score (nSPS) is 14.9. The minimum atomic E-state index is -0.417. The van der Waals surface area contributed by atoms with E-state index in [1.807, 2.05) is 25.1 Å². The second-order valence-electron chi connectivity index (χ2n) is 4.17. The Kier molecular flexibility index (Phi) is 4.01. The van der Waals surface area contributed by atoms with E-state index in [4.69, 9.17) is 5.11 Å². The first kappa shape index (κ1) is 13.8. The van der Waals surface area contributed by atoms with Gasteiger partial charge in [0.25, 0.3) is 11.8 Å². The number of carbonyl (C=O) groups excluding carboxylic acids is 2. The summed E-state index contributed by atoms with van der Waals surface area (Å²) in [6, 6.07) is 5.55. The van der Waals surface area contributed by atoms with Crippen LogP contribution in [-0.4, -0.2) is 35.0 Å². The highest BCUT2D eigenvalue weighted by molar-refractivity contribution is 9.10. The van der Waals surface area contributed by atoms with Crippen LogP contribution in [0.3, 0.4) is 0 Å². The topological polar surface area (TPSA) is 69.6 Å². The Balaban J connectivity index is 2.16. The molecule has 1 heterocycles. The molecule has 0 atom stereocenters. The molecule has 5 nitrogen and oxygen atoms in total. The second kappa shape index (κ2) is 5.54. The van der Waals surface area contributed by atoms with Crippen LogP contribution in [0.2, 0.25) is 0 Å². The van der Waals surface area contributed by atoms with Crippen molar-refractivity contribution < 1.29 is 14.7 Å². The molecule has 0 unspecified atom stereocenters. The Morgan fingerprint density at radius 3 is 2.74 bits per heavy atom. The van der Waals surface area contributed by atoms with Gasteiger partial charge < -0.3 is 10.4 Å². The largest absolute Gasteiger partial charge is 0.395 e. The molecule has 100 valence electrons. The lowest BCUT2D eigenvalue weighted by atomic mass is 10.2. The Hall–Kier alpha value is -1.66. The van der Waals surface area contributed by atoms with Gasteiger partial charge in [0.1, 0.15) is 5.70 Å². The molecule has 1 aromatic rings. The highest BCUT2D eigenvalue weighted by Crippen LogP contribution is 2.22. The van der Waals surface area contributed by atoms with E-state index in [9.17, 15) is 9.59 Å². The number of nitrogens with one attached hydrogen (secondary N) is 1. The molecule has 0 saturated heterocycles. The minimum Gasteiger partial charge on any atom is -0.395 e. The van der Waals surface area contributed by atoms with E-state index in [-0.39, 0.29) is 18.8 Å². The summed E-state index contributed by atoms with van der Waals surface area (Å²) in [6.07, 6.45) is 1.25. The molecule has 0 aromatic heterocycles. The number of anilines is 1. The maximum atomic E-state index is 11.9. The van der Waals surface area contributed by atoms with Crippen molar-refractivity contribution in [2.75, 3.05) is 18.5 Å². The van der Waals surface area contributed by atoms with Crippen LogP contribution in [0.15, 0.2) is 34.4 Å². The fourth-order valence-corrected chi connectivity index (χ4v) is 2.03. The van der Waals surface area contributed by atoms with Gasteiger partial charge in [-0.1, -0.05) is 15.9 Å². The lowest BCUT2D eigenvalue weighted by Crippen LogP contribution is -2.34. The second-order valence-corrected chi connectivity index (χ2v) is 5.02. The SMILES string of the molecule is Cc1cc(NC2=CC(=O)N(CCO)C2=O)ccc1Br. The molecule has 2 amide bonds. The van der Waals surface area contributed by atoms with Crippen LogP contribution in [0.5, 0.6) is 0 Å². The summed E-state index contributed by atoms with van der Waals surface area (Å²) >= 11 is 3.39. The van der Waals surface area contributed by atoms with Crippen LogP contribution in [0.25, 0.3) is 0 Å². The summed E-state index contributed by atoms with van der Waals surface area (Å²) < 4.78 is 0.975. The Bertz CT molecular complexity index is 569. The van der Waals surface area contributed by atoms with Crippen molar-refractivity contribution in [2.45, 2.75) is 6.92 Å². The number of imide groups is 1. The number of aryl methyl sites for hydroxylation is 1. The van der Waals surface area contributed by atoms with E-state index < -0.39 is 11.8 Å². The van der Waals surface area contributed by atoms with Crippen molar-refractivity contribution in [1.82, 2.24) is 4.90 Å². The molecule has 1 aliphatic heterocycles. The molecule has 19 heavy (non-hydrogen) atoms. The summed E-state index contributed by atoms with van der Waals surface area (Å²) in [4.78, 5) is 24.5. The van der Waals surface area contributed by atoms with Gasteiger partial charge in [-0.3, -0.25) is 14.5 Å². The molecule has 0 fully saturated rings. The molecule has 0 bridgehead atoms. The van der Waals surface area contributed by atoms with Crippen molar-refractivity contribution in [1.29, 1.82) is 0 Å². The number of hydrogen-bond acceptors (Lipinski definition) is 4. The molecule has 1 aromatic carbocycles. The molecule has 2 rings (SSSR count). The standard InChI is InChI=1S/C13H13BrN2O3/c1-8-6-9(2-3-10(8)14)15-11-7-12(18)16(4-5-17)13(11)19/h2-3,6-7,15,17H,4-5H2,1H3. The number of carbonyl (C=O) groups is 2. The molecular formula is C13H13BrN2O3. The van der Waals surface area contributed by atoms with E-state index >= 15 is 0 Å². The Morgan fingerprint density at radius 2 is 2.11 bits per heavy atom. The van der Waals surface area contributed by atoms with Gasteiger partial charge in [0, 0.05) is 16.2 Å². The van der Waals surface area contributed by atoms with E-state index in [2.05, 4.69) is 21.2 Å². The first-order chi connectivity index (χ1) is 9.02. The number of β-amino-alcohol motifs (C(OH)–C–C–N with tert-alkyl or cyclic N) is 1. The van der Waals surface area contributed by atoms with Gasteiger partial charge in [-0.2, -0.15) is 0 Å². The summed E-state index contributed by atoms with van der Waals surface area (Å²) in [7, 11) is 0. The van der Waals surface area contributed by atoms with Crippen molar-refractivity contribution >= 4 is 33.4 Å². The number of aliphatic hydroxyl groups is 1. The summed E-state index contributed by atoms with van der Waals surface area (Å²) in [5.41, 5.74) is 1.98. The monoisotopic (exact) mass is 324 g/mol. The predicted molar refractivity (Wildman–Crippen MR) is 74.4 cm³/mol. The maximum absolute atomic E-state index is 11.9. The first-order valence-corrected chi connectivity index (χ1v) is 6.54. The van der Waals surface area contributed by atoms with Crippen LogP contribution in [-0.2, 0) is 9.59 Å². The number of amides is 2. The first-order valence-electron chi connectivity index (χ1n) is 5.74. The van der Waals surface area contributed by atoms with Crippen LogP contribution in [0, 0.1) is 6.92 Å². The van der Waals surface area contributed by atoms with Gasteiger partial charge >= 0.3 is 0 Å². The quantitative estimate of drug-likeness (QED) is 0.822. The predicted octanol–water partition coefficient (Wildman–Crippen LogP) is 1.41. The Morgan fingerprint density at radius 1 is 1.37 bits per heavy atom. The summed E-state index contributed by atoms with van der Waals surface area (Å²) in [6.45, 7) is 1.71. The third-order valence-corrected chi connectivity index (χ3v) is 3.66. The van der Waals surface area contributed by atoms with Crippen molar-refractivity contribution in [3.05, 3.63) is 40.0 Å². The number of rotatable bonds is 4. The average Bonchev–Trinajstić information content (AvgIpc) is 2.62. The molecule has 0 saturated carbocycles. The summed E-state index contributed by atoms with van der Waals surface area (Å²) in [5.74, 6) is -0.824. The number of nitrogens with zero attached hydrogens (tertiary/aromatic N) is 1. The Labute approximate surface area is 119 Å². The summed E-state index contributed by atoms with van der Waals surface area (Å²) in [5, 5.41) is 11.7. The van der Waals surface area contributed by atoms with Gasteiger partial charge in [-0.15, -0.1) is 0 Å². The van der Waals surface area contributed by atoms with Crippen LogP contribution >= 0.6 is 15.9 Å². The van der Waals surface area contributed by atoms with E-state index in [0.29, 0.717) is 0 Å². The van der Waals surface area contributed by atoms with Crippen LogP contribution in [0.1, 0.15) is 5.56 Å². The van der Waals surface area contributed by atoms with Crippen molar-refractivity contribution in [3.8, 4) is 0 Å². The molecule has 0 spiro atoms. The van der Waals surface area contributed by atoms with Crippen LogP contribution < -0.4 is 5.32 Å². The molecule has 6 heteroatoms. The third kappa shape index (κ3) is 2.85. The van der Waals surface area contributed by atoms with E-state index in [1.54, 1.807) is 0 Å². The zero-order valence-corrected chi connectivity index (χ0v) is 11.9. The average molecular weight is 325 g/mol. The molecule has 2 N–H and O–H groups in total. The lowest BCUT2D eigenvalue weighted by molar-refractivity contribution is -0.137. The molecule has 0 radical (unpaired) electrons. The smallest absolute Gasteiger partial charge is 0.277 e. The molecule has 1 aliphatic rings. The third-order valence-electron chi connectivity index (χ3n) is 2.77. The highest BCUT2D eigenvalue weighted by atomic mass is 79.9. The number of benzene rings is 1. The van der Waals surface area contributed by atoms with Gasteiger partial charge in [-0.05, 0) is 30.7 Å². The lowest BCUT2D eigenvalue weighted by Gasteiger charge is -2.13. The van der Waals surface area contributed by atoms with Crippen LogP contribution in [0.4, 0.5) is 5.69 Å². The van der Waals surface area contributed by atoms with Gasteiger partial charge in [0.15, 0.2) is 0 Å². The van der Waals surface area contributed by atoms with Crippen molar-refractivity contribution in [2.24, 2.45) is 0 Å². The van der Waals surface area contributed by atoms with E-state index in [1.165, 1.54) is 6.08 Å². The molecular weight excluding hydrogens is 312 g/mol. The van der Waals surface area contributed by atoms with E-state index in [0.717, 1.165) is 20.6 Å². The molecule has 0 aliphatic carbocycles. The van der Waals surface area contributed by atoms with Gasteiger partial charge in [0.05, 0.1) is 13.2 Å². The fraction of sp³-hybridized carbons (Fsp3) is 0.231. The number of halogens is 1. The van der Waals surface area contributed by atoms with Gasteiger partial charge in [-0.25, -0.2) is 0 Å². The van der Waals surface area contributed by atoms with Gasteiger partial charge in [0.2, 0.25) is 0 Å². The van der Waals surface area contributed by atoms with Crippen molar-refractivity contribution in [3.63, 3.8) is 0 Å². The maximum Gasteiger partial charge on any atom is 0.277 e. The zero-order chi connectivity index (χ0) is 14.0. The number of aliphatic hydroxyl groups excluding tert-OH is 1.